The van der Waals surface area contributed by atoms with E-state index >= 15 is 0 Å². The van der Waals surface area contributed by atoms with E-state index in [2.05, 4.69) is 46.5 Å². The van der Waals surface area contributed by atoms with Crippen LogP contribution in [0.15, 0.2) is 12.1 Å². The van der Waals surface area contributed by atoms with Crippen molar-refractivity contribution < 1.29 is 16.3 Å². The fraction of sp³-hybridized carbons (Fsp3) is 0.333. The molecular formula is C9H11BrZn. The van der Waals surface area contributed by atoms with Crippen LogP contribution in [0.4, 0.5) is 0 Å². The Morgan fingerprint density at radius 2 is 1.82 bits per heavy atom. The van der Waals surface area contributed by atoms with Gasteiger partial charge in [-0.15, -0.1) is 0 Å². The third kappa shape index (κ3) is 4.03. The summed E-state index contributed by atoms with van der Waals surface area (Å²) in [6.07, 6.45) is 0. The van der Waals surface area contributed by atoms with Crippen molar-refractivity contribution in [3.63, 3.8) is 0 Å². The van der Waals surface area contributed by atoms with E-state index in [1.54, 1.807) is 0 Å². The van der Waals surface area contributed by atoms with Crippen molar-refractivity contribution >= 4 is 13.6 Å². The molecule has 1 aromatic rings. The second-order valence-electron chi connectivity index (χ2n) is 2.49. The monoisotopic (exact) mass is 262 g/mol. The molecule has 1 rings (SSSR count). The first-order valence-corrected chi connectivity index (χ1v) is 10.4. The van der Waals surface area contributed by atoms with Crippen LogP contribution in [0.1, 0.15) is 16.7 Å². The number of hydrogen-bond donors (Lipinski definition) is 0. The van der Waals surface area contributed by atoms with Gasteiger partial charge in [-0.25, -0.2) is 0 Å². The number of halogens is 1. The molecule has 56 valence electrons. The van der Waals surface area contributed by atoms with Gasteiger partial charge in [0.15, 0.2) is 0 Å². The van der Waals surface area contributed by atoms with Crippen LogP contribution in [0.25, 0.3) is 0 Å². The average Bonchev–Trinajstić information content (AvgIpc) is 2.02. The Kier molecular flexibility index (Phi) is 6.08. The molecule has 11 heavy (non-hydrogen) atoms. The zero-order valence-electron chi connectivity index (χ0n) is 7.24. The first kappa shape index (κ1) is 11.3. The van der Waals surface area contributed by atoms with Crippen LogP contribution in [0, 0.1) is 26.8 Å². The van der Waals surface area contributed by atoms with Crippen molar-refractivity contribution in [1.82, 2.24) is 0 Å². The van der Waals surface area contributed by atoms with E-state index in [1.807, 2.05) is 6.07 Å². The van der Waals surface area contributed by atoms with E-state index < -0.39 is 0 Å². The van der Waals surface area contributed by atoms with Crippen LogP contribution in [-0.2, 0) is 16.3 Å². The molecule has 0 aliphatic rings. The summed E-state index contributed by atoms with van der Waals surface area (Å²) in [7, 11) is 0. The van der Waals surface area contributed by atoms with Crippen molar-refractivity contribution in [1.29, 1.82) is 0 Å². The molecule has 0 N–H and O–H groups in total. The first-order valence-electron chi connectivity index (χ1n) is 3.42. The van der Waals surface area contributed by atoms with Gasteiger partial charge in [-0.2, -0.15) is 34.9 Å². The second-order valence-corrected chi connectivity index (χ2v) is 2.49. The summed E-state index contributed by atoms with van der Waals surface area (Å²) in [6, 6.07) is 7.36. The van der Waals surface area contributed by atoms with Gasteiger partial charge in [-0.05, 0) is 0 Å². The normalized spacial score (nSPS) is 8.55. The van der Waals surface area contributed by atoms with Crippen molar-refractivity contribution in [3.8, 4) is 0 Å². The minimum absolute atomic E-state index is 1.19. The van der Waals surface area contributed by atoms with Gasteiger partial charge in [0.05, 0.1) is 0 Å². The summed E-state index contributed by atoms with van der Waals surface area (Å²) >= 11 is 4.25. The maximum absolute atomic E-state index is 3.17. The van der Waals surface area contributed by atoms with Crippen LogP contribution in [-0.4, -0.2) is 0 Å². The zero-order valence-corrected chi connectivity index (χ0v) is 11.8. The van der Waals surface area contributed by atoms with Gasteiger partial charge < -0.3 is 0 Å². The number of benzene rings is 1. The zero-order chi connectivity index (χ0) is 8.85. The maximum atomic E-state index is 3.17. The Morgan fingerprint density at radius 3 is 2.18 bits per heavy atom. The molecule has 0 atom stereocenters. The van der Waals surface area contributed by atoms with E-state index in [0.717, 1.165) is 0 Å². The summed E-state index contributed by atoms with van der Waals surface area (Å²) in [6.45, 7) is 6.27. The number of rotatable bonds is 0. The standard InChI is InChI=1S/C9H11.BrH.Zn/c1-7-4-5-8(2)9(3)6-7;;/h4,6H,1-3H3;1H;/q-1;;+2/p-1. The summed E-state index contributed by atoms with van der Waals surface area (Å²) in [5.74, 6) is 0. The molecular weight excluding hydrogens is 253 g/mol. The molecule has 0 heterocycles. The minimum atomic E-state index is 1.19. The van der Waals surface area contributed by atoms with E-state index in [1.165, 1.54) is 33.0 Å². The quantitative estimate of drug-likeness (QED) is 0.498. The van der Waals surface area contributed by atoms with Gasteiger partial charge in [-0.1, -0.05) is 20.8 Å². The van der Waals surface area contributed by atoms with Crippen LogP contribution in [0.5, 0.6) is 0 Å². The Hall–Kier alpha value is 0.323. The Morgan fingerprint density at radius 1 is 1.27 bits per heavy atom. The SMILES string of the molecule is Cc1c[c-]c(C)c(C)c1.[Zn+][Br]. The summed E-state index contributed by atoms with van der Waals surface area (Å²) in [4.78, 5) is 0. The molecule has 0 saturated heterocycles. The van der Waals surface area contributed by atoms with Crippen molar-refractivity contribution in [2.75, 3.05) is 0 Å². The fourth-order valence-corrected chi connectivity index (χ4v) is 0.827. The molecule has 0 bridgehead atoms. The summed E-state index contributed by atoms with van der Waals surface area (Å²) in [5, 5.41) is 0. The molecule has 0 aliphatic carbocycles. The molecule has 0 aromatic heterocycles. The summed E-state index contributed by atoms with van der Waals surface area (Å²) < 4.78 is 0. The predicted octanol–water partition coefficient (Wildman–Crippen LogP) is 3.26. The van der Waals surface area contributed by atoms with Crippen LogP contribution in [0.3, 0.4) is 0 Å². The molecule has 1 aromatic carbocycles. The molecule has 0 fully saturated rings. The molecule has 0 unspecified atom stereocenters. The van der Waals surface area contributed by atoms with Gasteiger partial charge in [0.2, 0.25) is 0 Å². The van der Waals surface area contributed by atoms with E-state index in [9.17, 15) is 0 Å². The third-order valence-corrected chi connectivity index (χ3v) is 1.55. The van der Waals surface area contributed by atoms with Crippen molar-refractivity contribution in [3.05, 3.63) is 34.9 Å². The molecule has 0 amide bonds. The summed E-state index contributed by atoms with van der Waals surface area (Å²) in [5.41, 5.74) is 3.87. The Bertz CT molecular complexity index is 221. The number of aryl methyl sites for hydroxylation is 3. The van der Waals surface area contributed by atoms with Gasteiger partial charge in [0.1, 0.15) is 0 Å². The van der Waals surface area contributed by atoms with E-state index in [4.69, 9.17) is 0 Å². The third-order valence-electron chi connectivity index (χ3n) is 1.55. The second kappa shape index (κ2) is 5.91. The van der Waals surface area contributed by atoms with Crippen LogP contribution in [0.2, 0.25) is 0 Å². The molecule has 0 nitrogen and oxygen atoms in total. The predicted molar refractivity (Wildman–Crippen MR) is 48.4 cm³/mol. The van der Waals surface area contributed by atoms with E-state index in [-0.39, 0.29) is 0 Å². The molecule has 0 saturated carbocycles. The Balaban J connectivity index is 0.000000461. The van der Waals surface area contributed by atoms with Gasteiger partial charge in [-0.3, -0.25) is 0 Å². The first-order chi connectivity index (χ1) is 5.20. The van der Waals surface area contributed by atoms with Gasteiger partial charge >= 0.3 is 30.0 Å². The van der Waals surface area contributed by atoms with Gasteiger partial charge in [0, 0.05) is 0 Å². The van der Waals surface area contributed by atoms with Gasteiger partial charge in [0.25, 0.3) is 0 Å². The average molecular weight is 264 g/mol. The van der Waals surface area contributed by atoms with Crippen molar-refractivity contribution in [2.45, 2.75) is 20.8 Å². The topological polar surface area (TPSA) is 0 Å². The molecule has 0 aliphatic heterocycles. The molecule has 2 heteroatoms. The Labute approximate surface area is 85.4 Å². The molecule has 0 spiro atoms. The van der Waals surface area contributed by atoms with Crippen LogP contribution >= 0.6 is 13.6 Å². The van der Waals surface area contributed by atoms with Crippen LogP contribution < -0.4 is 0 Å². The number of hydrogen-bond acceptors (Lipinski definition) is 0. The molecule has 0 radical (unpaired) electrons. The van der Waals surface area contributed by atoms with Crippen molar-refractivity contribution in [2.24, 2.45) is 0 Å². The van der Waals surface area contributed by atoms with E-state index in [0.29, 0.717) is 0 Å². The fourth-order valence-electron chi connectivity index (χ4n) is 0.827.